The van der Waals surface area contributed by atoms with Crippen molar-refractivity contribution in [2.24, 2.45) is 0 Å². The number of hydrogen-bond donors (Lipinski definition) is 4. The lowest BCUT2D eigenvalue weighted by Crippen LogP contribution is -2.20. The number of thioether (sulfide) groups is 2. The van der Waals surface area contributed by atoms with E-state index in [1.54, 1.807) is 0 Å². The van der Waals surface area contributed by atoms with Gasteiger partial charge < -0.3 is 0 Å². The van der Waals surface area contributed by atoms with Crippen LogP contribution in [0.2, 0.25) is 0 Å². The van der Waals surface area contributed by atoms with Gasteiger partial charge in [0.15, 0.2) is 0 Å². The second-order valence-electron chi connectivity index (χ2n) is 6.84. The van der Waals surface area contributed by atoms with Gasteiger partial charge in [-0.15, -0.1) is 11.8 Å². The Labute approximate surface area is 211 Å². The Kier molecular flexibility index (Phi) is 12.7. The first-order valence-electron chi connectivity index (χ1n) is 9.61. The Morgan fingerprint density at radius 1 is 0.897 bits per heavy atom. The van der Waals surface area contributed by atoms with Gasteiger partial charge in [-0.25, -0.2) is 0 Å². The van der Waals surface area contributed by atoms with Gasteiger partial charge in [0.2, 0.25) is 0 Å². The lowest BCUT2D eigenvalue weighted by Gasteiger charge is -2.28. The molecule has 0 heterocycles. The maximum Gasteiger partial charge on any atom is 0.0468 e. The second-order valence-corrected chi connectivity index (χ2v) is 12.6. The van der Waals surface area contributed by atoms with Crippen LogP contribution in [0, 0.1) is 0 Å². The Morgan fingerprint density at radius 2 is 1.62 bits per heavy atom. The van der Waals surface area contributed by atoms with Gasteiger partial charge in [0.05, 0.1) is 0 Å². The molecule has 160 valence electrons. The van der Waals surface area contributed by atoms with Gasteiger partial charge in [0.25, 0.3) is 0 Å². The van der Waals surface area contributed by atoms with Crippen LogP contribution in [0.15, 0.2) is 58.3 Å². The van der Waals surface area contributed by atoms with Gasteiger partial charge >= 0.3 is 0 Å². The minimum absolute atomic E-state index is 0.0127. The van der Waals surface area contributed by atoms with E-state index in [1.807, 2.05) is 35.3 Å². The minimum atomic E-state index is 0.0127. The summed E-state index contributed by atoms with van der Waals surface area (Å²) in [6.45, 7) is 2.27. The summed E-state index contributed by atoms with van der Waals surface area (Å²) in [5.41, 5.74) is 2.71. The van der Waals surface area contributed by atoms with E-state index >= 15 is 0 Å². The van der Waals surface area contributed by atoms with Crippen LogP contribution >= 0.6 is 85.8 Å². The minimum Gasteiger partial charge on any atom is -0.179 e. The molecule has 0 radical (unpaired) electrons. The first-order valence-corrected chi connectivity index (χ1v) is 15.0. The van der Waals surface area contributed by atoms with Crippen molar-refractivity contribution in [1.29, 1.82) is 0 Å². The monoisotopic (exact) mass is 518 g/mol. The second kappa shape index (κ2) is 14.1. The normalized spacial score (nSPS) is 14.5. The first-order chi connectivity index (χ1) is 14.0. The van der Waals surface area contributed by atoms with Crippen LogP contribution in [0.1, 0.15) is 18.1 Å². The van der Waals surface area contributed by atoms with Gasteiger partial charge in [-0.05, 0) is 60.2 Å². The van der Waals surface area contributed by atoms with E-state index in [0.29, 0.717) is 5.25 Å². The van der Waals surface area contributed by atoms with E-state index in [2.05, 4.69) is 106 Å². The topological polar surface area (TPSA) is 0 Å². The summed E-state index contributed by atoms with van der Waals surface area (Å²) < 4.78 is 0.0127. The molecule has 0 saturated carbocycles. The van der Waals surface area contributed by atoms with E-state index in [0.717, 1.165) is 40.9 Å². The van der Waals surface area contributed by atoms with Crippen molar-refractivity contribution >= 4 is 85.8 Å². The van der Waals surface area contributed by atoms with E-state index in [4.69, 9.17) is 0 Å². The molecule has 2 atom stereocenters. The quantitative estimate of drug-likeness (QED) is 0.208. The third-order valence-electron chi connectivity index (χ3n) is 4.53. The van der Waals surface area contributed by atoms with Crippen LogP contribution in [-0.2, 0) is 11.2 Å². The predicted octanol–water partition coefficient (Wildman–Crippen LogP) is 7.15. The lowest BCUT2D eigenvalue weighted by molar-refractivity contribution is 0.796. The van der Waals surface area contributed by atoms with Crippen molar-refractivity contribution in [3.05, 3.63) is 59.7 Å². The molecule has 0 aromatic heterocycles. The standard InChI is InChI=1S/C22H30S7/c1-22(16-26,28-12-10-24)18-3-2-4-20(14-18)29-19-7-5-17(6-8-19)13-21(15-25)27-11-9-23/h2-8,14,21,23-26H,9-13,15-16H2,1H3. The maximum atomic E-state index is 4.62. The molecular formula is C22H30S7. The van der Waals surface area contributed by atoms with Crippen molar-refractivity contribution < 1.29 is 0 Å². The highest BCUT2D eigenvalue weighted by Crippen LogP contribution is 2.39. The highest BCUT2D eigenvalue weighted by Gasteiger charge is 2.25. The SMILES string of the molecule is CC(CS)(SCCS)c1cccc(Sc2ccc(CC(CS)SCCS)cc2)c1. The highest BCUT2D eigenvalue weighted by molar-refractivity contribution is 8.01. The number of hydrogen-bond acceptors (Lipinski definition) is 7. The van der Waals surface area contributed by atoms with Gasteiger partial charge in [-0.3, -0.25) is 0 Å². The summed E-state index contributed by atoms with van der Waals surface area (Å²) in [5.74, 6) is 5.62. The molecule has 2 unspecified atom stereocenters. The summed E-state index contributed by atoms with van der Waals surface area (Å²) >= 11 is 23.5. The third-order valence-corrected chi connectivity index (χ3v) is 10.8. The molecule has 2 aromatic carbocycles. The summed E-state index contributed by atoms with van der Waals surface area (Å²) in [4.78, 5) is 2.54. The molecule has 7 heteroatoms. The van der Waals surface area contributed by atoms with E-state index in [1.165, 1.54) is 20.9 Å². The molecule has 0 fully saturated rings. The Bertz CT molecular complexity index is 719. The predicted molar refractivity (Wildman–Crippen MR) is 152 cm³/mol. The number of thiol groups is 4. The molecular weight excluding hydrogens is 489 g/mol. The fourth-order valence-electron chi connectivity index (χ4n) is 2.87. The van der Waals surface area contributed by atoms with Crippen LogP contribution in [0.3, 0.4) is 0 Å². The lowest BCUT2D eigenvalue weighted by atomic mass is 10.0. The molecule has 0 aliphatic carbocycles. The van der Waals surface area contributed by atoms with Crippen LogP contribution in [0.25, 0.3) is 0 Å². The van der Waals surface area contributed by atoms with Crippen molar-refractivity contribution in [2.45, 2.75) is 33.1 Å². The molecule has 0 spiro atoms. The molecule has 0 N–H and O–H groups in total. The van der Waals surface area contributed by atoms with Crippen molar-refractivity contribution in [3.63, 3.8) is 0 Å². The summed E-state index contributed by atoms with van der Waals surface area (Å²) in [6.07, 6.45) is 1.06. The number of benzene rings is 2. The number of rotatable bonds is 13. The maximum absolute atomic E-state index is 4.62. The smallest absolute Gasteiger partial charge is 0.0468 e. The molecule has 0 bridgehead atoms. The molecule has 29 heavy (non-hydrogen) atoms. The van der Waals surface area contributed by atoms with Crippen molar-refractivity contribution in [2.75, 3.05) is 34.5 Å². The zero-order valence-corrected chi connectivity index (χ0v) is 22.7. The van der Waals surface area contributed by atoms with Gasteiger partial charge in [0.1, 0.15) is 0 Å². The van der Waals surface area contributed by atoms with Crippen LogP contribution in [-0.4, -0.2) is 39.8 Å². The van der Waals surface area contributed by atoms with Gasteiger partial charge in [0, 0.05) is 42.8 Å². The molecule has 0 nitrogen and oxygen atoms in total. The largest absolute Gasteiger partial charge is 0.179 e. The molecule has 0 aliphatic heterocycles. The van der Waals surface area contributed by atoms with E-state index < -0.39 is 0 Å². The fourth-order valence-corrected chi connectivity index (χ4v) is 7.02. The Balaban J connectivity index is 2.04. The molecule has 0 amide bonds. The zero-order chi connectivity index (χ0) is 21.1. The summed E-state index contributed by atoms with van der Waals surface area (Å²) in [5, 5.41) is 0.550. The zero-order valence-electron chi connectivity index (χ0n) is 16.7. The first kappa shape index (κ1) is 26.1. The average Bonchev–Trinajstić information content (AvgIpc) is 2.76. The summed E-state index contributed by atoms with van der Waals surface area (Å²) in [7, 11) is 0. The van der Waals surface area contributed by atoms with Crippen LogP contribution in [0.5, 0.6) is 0 Å². The van der Waals surface area contributed by atoms with E-state index in [9.17, 15) is 0 Å². The average molecular weight is 519 g/mol. The van der Waals surface area contributed by atoms with E-state index in [-0.39, 0.29) is 4.75 Å². The van der Waals surface area contributed by atoms with Gasteiger partial charge in [-0.2, -0.15) is 62.3 Å². The molecule has 2 rings (SSSR count). The van der Waals surface area contributed by atoms with Crippen molar-refractivity contribution in [1.82, 2.24) is 0 Å². The van der Waals surface area contributed by atoms with Crippen molar-refractivity contribution in [3.8, 4) is 0 Å². The molecule has 0 aliphatic rings. The highest BCUT2D eigenvalue weighted by atomic mass is 32.2. The van der Waals surface area contributed by atoms with Crippen LogP contribution < -0.4 is 0 Å². The Morgan fingerprint density at radius 3 is 2.24 bits per heavy atom. The third kappa shape index (κ3) is 8.74. The Hall–Kier alpha value is 0.890. The molecule has 2 aromatic rings. The van der Waals surface area contributed by atoms with Gasteiger partial charge in [-0.1, -0.05) is 36.0 Å². The fraction of sp³-hybridized carbons (Fsp3) is 0.455. The summed E-state index contributed by atoms with van der Waals surface area (Å²) in [6, 6.07) is 17.9. The molecule has 0 saturated heterocycles. The van der Waals surface area contributed by atoms with Crippen LogP contribution in [0.4, 0.5) is 0 Å².